The maximum atomic E-state index is 13.6. The van der Waals surface area contributed by atoms with E-state index in [1.165, 1.54) is 27.8 Å². The molecule has 0 saturated carbocycles. The molecule has 0 spiro atoms. The summed E-state index contributed by atoms with van der Waals surface area (Å²) < 4.78 is 60.5. The summed E-state index contributed by atoms with van der Waals surface area (Å²) in [6.07, 6.45) is -0.239. The van der Waals surface area contributed by atoms with Gasteiger partial charge in [0.1, 0.15) is 30.2 Å². The summed E-state index contributed by atoms with van der Waals surface area (Å²) >= 11 is 1.87. The number of phosphoric acid groups is 2. The van der Waals surface area contributed by atoms with E-state index in [0.717, 1.165) is 29.6 Å². The molecule has 4 unspecified atom stereocenters. The van der Waals surface area contributed by atoms with Crippen LogP contribution in [0.5, 0.6) is 0 Å². The summed E-state index contributed by atoms with van der Waals surface area (Å²) in [5.74, 6) is 0.621. The van der Waals surface area contributed by atoms with Crippen LogP contribution in [0.2, 0.25) is 0 Å². The second-order valence-electron chi connectivity index (χ2n) is 21.2. The molecule has 88 heavy (non-hydrogen) atoms. The number of aromatic nitrogens is 2. The first-order valence-corrected chi connectivity index (χ1v) is 35.8. The van der Waals surface area contributed by atoms with Gasteiger partial charge in [0.05, 0.1) is 77.2 Å². The molecule has 4 aliphatic rings. The van der Waals surface area contributed by atoms with Crippen molar-refractivity contribution in [3.05, 3.63) is 22.2 Å². The molecule has 4 aliphatic heterocycles. The molecule has 502 valence electrons. The molecule has 0 bridgehead atoms. The summed E-state index contributed by atoms with van der Waals surface area (Å²) in [5.41, 5.74) is 8.23. The third-order valence-electron chi connectivity index (χ3n) is 14.3. The molecule has 15 N–H and O–H groups in total. The van der Waals surface area contributed by atoms with Crippen molar-refractivity contribution < 1.29 is 95.3 Å². The Morgan fingerprint density at radius 2 is 1.43 bits per heavy atom. The quantitative estimate of drug-likeness (QED) is 0.0118. The molecular formula is C50H88N12O21P2S3. The Balaban J connectivity index is 0.931. The van der Waals surface area contributed by atoms with Crippen LogP contribution >= 0.6 is 49.0 Å². The zero-order valence-corrected chi connectivity index (χ0v) is 53.7. The molecular weight excluding hydrogens is 1260 g/mol. The monoisotopic (exact) mass is 1350 g/mol. The number of amides is 7. The van der Waals surface area contributed by atoms with E-state index in [4.69, 9.17) is 39.2 Å². The predicted molar refractivity (Wildman–Crippen MR) is 324 cm³/mol. The number of hydrogen-bond donors (Lipinski definition) is 14. The third kappa shape index (κ3) is 28.8. The summed E-state index contributed by atoms with van der Waals surface area (Å²) in [6.45, 7) is 4.81. The first-order valence-electron chi connectivity index (χ1n) is 29.2. The lowest BCUT2D eigenvalue weighted by atomic mass is 10.0. The minimum Gasteiger partial charge on any atom is -0.386 e. The molecule has 0 aliphatic carbocycles. The Bertz CT molecular complexity index is 2550. The average Bonchev–Trinajstić information content (AvgIpc) is 2.84. The minimum absolute atomic E-state index is 0.0123. The van der Waals surface area contributed by atoms with E-state index in [1.807, 2.05) is 30.7 Å². The number of fused-ring (bicyclic) bond motifs is 1. The van der Waals surface area contributed by atoms with Crippen LogP contribution in [0, 0.1) is 0 Å². The van der Waals surface area contributed by atoms with Gasteiger partial charge in [0.15, 0.2) is 6.23 Å². The highest BCUT2D eigenvalue weighted by Crippen LogP contribution is 2.45. The number of urea groups is 1. The van der Waals surface area contributed by atoms with Crippen molar-refractivity contribution in [1.82, 2.24) is 57.2 Å². The van der Waals surface area contributed by atoms with Gasteiger partial charge in [-0.05, 0) is 58.3 Å². The van der Waals surface area contributed by atoms with Crippen LogP contribution in [0.3, 0.4) is 0 Å². The lowest BCUT2D eigenvalue weighted by molar-refractivity contribution is -0.129. The molecule has 4 fully saturated rings. The van der Waals surface area contributed by atoms with Crippen molar-refractivity contribution in [2.75, 3.05) is 116 Å². The SMILES string of the molecule is CN1NC1(C)CCC(=O)NCCSSCCC(=O)N[C@@H](CCCCNC(=O)CCOCCOCCOCCOCCNC(=O)CCCC[C@@H]1SC[C@@H]2NC(=O)N[C@@H]21)C(=O)NCCCc1cn([C@@H]2O[C@H](COP(=O)(O)O)C(OP(=O)(O)O)C2O)c(=O)nc1N. The number of carbonyl (C=O) groups is 6. The normalized spacial score (nSPS) is 23.4. The molecule has 5 heterocycles. The molecule has 0 aromatic carbocycles. The predicted octanol–water partition coefficient (Wildman–Crippen LogP) is -1.38. The van der Waals surface area contributed by atoms with Crippen LogP contribution < -0.4 is 54.1 Å². The first kappa shape index (κ1) is 75.0. The highest BCUT2D eigenvalue weighted by atomic mass is 33.1. The fourth-order valence-electron chi connectivity index (χ4n) is 9.42. The van der Waals surface area contributed by atoms with Gasteiger partial charge >= 0.3 is 27.4 Å². The van der Waals surface area contributed by atoms with Crippen molar-refractivity contribution in [2.45, 2.75) is 144 Å². The Morgan fingerprint density at radius 3 is 2.12 bits per heavy atom. The number of nitrogen functional groups attached to an aromatic ring is 1. The minimum atomic E-state index is -5.31. The van der Waals surface area contributed by atoms with E-state index in [0.29, 0.717) is 108 Å². The Morgan fingerprint density at radius 1 is 0.795 bits per heavy atom. The third-order valence-corrected chi connectivity index (χ3v) is 19.2. The molecule has 38 heteroatoms. The van der Waals surface area contributed by atoms with Gasteiger partial charge in [-0.2, -0.15) is 16.7 Å². The number of hydrogen-bond acceptors (Lipinski definition) is 24. The number of nitrogens with zero attached hydrogens (tertiary/aromatic N) is 3. The Labute approximate surface area is 522 Å². The highest BCUT2D eigenvalue weighted by Gasteiger charge is 2.50. The molecule has 0 radical (unpaired) electrons. The van der Waals surface area contributed by atoms with Crippen LogP contribution in [0.4, 0.5) is 10.6 Å². The Kier molecular flexibility index (Phi) is 33.2. The summed E-state index contributed by atoms with van der Waals surface area (Å²) in [5, 5.41) is 33.4. The van der Waals surface area contributed by atoms with Crippen molar-refractivity contribution in [3.63, 3.8) is 0 Å². The standard InChI is InChI=1S/C50H88N12O21P2S3/c1-50(60-61(50)2)15-12-39(64)54-19-29-88-87-28-14-41(66)56-34(46(68)55-17-7-8-33-30-62(49(70)59-45(33)51)47-43(67)44(83-85(74,75)76)36(82-47)31-81-84(71,72)73)9-5-6-16-52-40(65)13-20-77-22-24-79-26-27-80-25-23-78-21-18-53-38(63)11-4-3-10-37-42-35(32-86-37)57-48(69)58-42/h30,34-37,42-44,47,60,67H,3-29,31-32H2,1-2H3,(H,52,65)(H,53,63)(H,54,64)(H,55,68)(H,56,66)(H2,51,59,70)(H2,57,58,69)(H2,71,72,73)(H2,74,75,76)/t34-,35-,36+,37-,42-,43?,44?,47+,50?,61?/m0/s1. The molecule has 1 aromatic heterocycles. The van der Waals surface area contributed by atoms with E-state index in [-0.39, 0.29) is 111 Å². The lowest BCUT2D eigenvalue weighted by Gasteiger charge is -2.21. The number of phosphoric ester groups is 2. The molecule has 7 amide bonds. The zero-order chi connectivity index (χ0) is 64.1. The van der Waals surface area contributed by atoms with E-state index in [1.54, 1.807) is 0 Å². The molecule has 5 rings (SSSR count). The van der Waals surface area contributed by atoms with Gasteiger partial charge in [-0.15, -0.1) is 0 Å². The molecule has 1 aromatic rings. The molecule has 4 saturated heterocycles. The number of rotatable bonds is 47. The summed E-state index contributed by atoms with van der Waals surface area (Å²) in [4.78, 5) is 129. The number of anilines is 1. The van der Waals surface area contributed by atoms with Gasteiger partial charge in [-0.3, -0.25) is 37.6 Å². The van der Waals surface area contributed by atoms with Crippen molar-refractivity contribution >= 4 is 90.4 Å². The summed E-state index contributed by atoms with van der Waals surface area (Å²) in [7, 11) is -5.56. The van der Waals surface area contributed by atoms with Gasteiger partial charge in [0.2, 0.25) is 29.5 Å². The van der Waals surface area contributed by atoms with Crippen molar-refractivity contribution in [2.24, 2.45) is 0 Å². The maximum absolute atomic E-state index is 13.6. The number of aliphatic hydroxyl groups excluding tert-OH is 1. The highest BCUT2D eigenvalue weighted by molar-refractivity contribution is 8.76. The lowest BCUT2D eigenvalue weighted by Crippen LogP contribution is -2.47. The number of hydrazine groups is 1. The Hall–Kier alpha value is -3.75. The van der Waals surface area contributed by atoms with Crippen LogP contribution in [0.15, 0.2) is 11.0 Å². The molecule has 33 nitrogen and oxygen atoms in total. The second kappa shape index (κ2) is 38.9. The number of ether oxygens (including phenoxy) is 5. The largest absolute Gasteiger partial charge is 0.470 e. The van der Waals surface area contributed by atoms with Crippen LogP contribution in [-0.4, -0.2) is 232 Å². The first-order chi connectivity index (χ1) is 41.9. The second-order valence-corrected chi connectivity index (χ2v) is 27.6. The van der Waals surface area contributed by atoms with Gasteiger partial charge in [0.25, 0.3) is 0 Å². The number of aryl methyl sites for hydroxylation is 1. The fraction of sp³-hybridized carbons (Fsp3) is 0.800. The maximum Gasteiger partial charge on any atom is 0.470 e. The van der Waals surface area contributed by atoms with Crippen molar-refractivity contribution in [3.8, 4) is 0 Å². The van der Waals surface area contributed by atoms with Gasteiger partial charge in [-0.25, -0.2) is 29.2 Å². The van der Waals surface area contributed by atoms with E-state index in [2.05, 4.69) is 56.7 Å². The van der Waals surface area contributed by atoms with Crippen LogP contribution in [0.1, 0.15) is 95.8 Å². The molecule has 10 atom stereocenters. The van der Waals surface area contributed by atoms with Gasteiger partial charge < -0.3 is 91.3 Å². The van der Waals surface area contributed by atoms with Gasteiger partial charge in [-0.1, -0.05) is 28.0 Å². The fourth-order valence-corrected chi connectivity index (χ4v) is 13.8. The number of unbranched alkanes of at least 4 members (excludes halogenated alkanes) is 2. The number of aliphatic hydroxyl groups is 1. The number of nitrogens with two attached hydrogens (primary N) is 1. The topological polar surface area (TPSA) is 472 Å². The van der Waals surface area contributed by atoms with Crippen molar-refractivity contribution in [1.29, 1.82) is 0 Å². The van der Waals surface area contributed by atoms with Gasteiger partial charge in [0, 0.05) is 93.2 Å². The number of nitrogens with one attached hydrogen (secondary N) is 8. The van der Waals surface area contributed by atoms with E-state index >= 15 is 0 Å². The number of carbonyl (C=O) groups excluding carboxylic acids is 6. The average molecular weight is 1350 g/mol. The number of thioether (sulfide) groups is 1. The van der Waals surface area contributed by atoms with Crippen LogP contribution in [-0.2, 0) is 72.3 Å². The summed E-state index contributed by atoms with van der Waals surface area (Å²) in [6, 6.07) is -0.665. The van der Waals surface area contributed by atoms with E-state index < -0.39 is 64.4 Å². The smallest absolute Gasteiger partial charge is 0.386 e. The van der Waals surface area contributed by atoms with E-state index in [9.17, 15) is 57.6 Å². The zero-order valence-electron chi connectivity index (χ0n) is 49.5. The van der Waals surface area contributed by atoms with Crippen LogP contribution in [0.25, 0.3) is 0 Å².